The summed E-state index contributed by atoms with van der Waals surface area (Å²) in [5.41, 5.74) is 2.01. The first kappa shape index (κ1) is 17.3. The molecule has 24 heavy (non-hydrogen) atoms. The van der Waals surface area contributed by atoms with E-state index in [1.54, 1.807) is 12.4 Å². The number of carbonyl (C=O) groups is 1. The van der Waals surface area contributed by atoms with Crippen molar-refractivity contribution in [3.05, 3.63) is 23.8 Å². The smallest absolute Gasteiger partial charge is 0.222 e. The molecule has 5 heteroatoms. The third-order valence-corrected chi connectivity index (χ3v) is 5.49. The van der Waals surface area contributed by atoms with Crippen LogP contribution < -0.4 is 0 Å². The Bertz CT molecular complexity index is 543. The third kappa shape index (κ3) is 4.53. The van der Waals surface area contributed by atoms with Gasteiger partial charge in [0.05, 0.1) is 30.6 Å². The molecule has 0 spiro atoms. The van der Waals surface area contributed by atoms with Crippen molar-refractivity contribution in [3.8, 4) is 0 Å². The zero-order valence-electron chi connectivity index (χ0n) is 14.7. The number of morpholine rings is 1. The van der Waals surface area contributed by atoms with Gasteiger partial charge in [-0.3, -0.25) is 14.8 Å². The Morgan fingerprint density at radius 2 is 2.04 bits per heavy atom. The molecule has 1 aromatic rings. The fourth-order valence-electron chi connectivity index (χ4n) is 3.98. The first-order chi connectivity index (χ1) is 11.7. The van der Waals surface area contributed by atoms with Crippen LogP contribution in [0.4, 0.5) is 0 Å². The highest BCUT2D eigenvalue weighted by Gasteiger charge is 2.28. The average molecular weight is 331 g/mol. The molecule has 2 aliphatic rings. The van der Waals surface area contributed by atoms with Crippen LogP contribution >= 0.6 is 0 Å². The lowest BCUT2D eigenvalue weighted by Gasteiger charge is -2.36. The summed E-state index contributed by atoms with van der Waals surface area (Å²) in [4.78, 5) is 23.5. The van der Waals surface area contributed by atoms with E-state index < -0.39 is 0 Å². The molecule has 2 heterocycles. The molecule has 1 saturated heterocycles. The molecule has 1 aliphatic heterocycles. The van der Waals surface area contributed by atoms with Gasteiger partial charge in [0.15, 0.2) is 0 Å². The van der Waals surface area contributed by atoms with Gasteiger partial charge in [0.1, 0.15) is 0 Å². The van der Waals surface area contributed by atoms with Gasteiger partial charge in [0.25, 0.3) is 0 Å². The number of rotatable bonds is 6. The lowest BCUT2D eigenvalue weighted by Crippen LogP contribution is -2.49. The van der Waals surface area contributed by atoms with Crippen LogP contribution in [0.1, 0.15) is 56.3 Å². The monoisotopic (exact) mass is 331 g/mol. The van der Waals surface area contributed by atoms with Gasteiger partial charge < -0.3 is 9.64 Å². The highest BCUT2D eigenvalue weighted by atomic mass is 16.5. The van der Waals surface area contributed by atoms with Crippen LogP contribution in [0, 0.1) is 12.8 Å². The maximum Gasteiger partial charge on any atom is 0.222 e. The van der Waals surface area contributed by atoms with Gasteiger partial charge in [-0.15, -0.1) is 0 Å². The Kier molecular flexibility index (Phi) is 6.18. The highest BCUT2D eigenvalue weighted by Crippen LogP contribution is 2.29. The van der Waals surface area contributed by atoms with Crippen LogP contribution in [0.3, 0.4) is 0 Å². The summed E-state index contributed by atoms with van der Waals surface area (Å²) in [7, 11) is 0. The maximum atomic E-state index is 12.7. The molecule has 0 radical (unpaired) electrons. The summed E-state index contributed by atoms with van der Waals surface area (Å²) in [6.45, 7) is 4.03. The molecular weight excluding hydrogens is 302 g/mol. The number of carbonyl (C=O) groups excluding carboxylic acids is 1. The predicted octanol–water partition coefficient (Wildman–Crippen LogP) is 2.92. The Balaban J connectivity index is 1.52. The molecule has 0 aromatic carbocycles. The highest BCUT2D eigenvalue weighted by molar-refractivity contribution is 5.76. The molecule has 3 rings (SSSR count). The van der Waals surface area contributed by atoms with E-state index in [1.807, 2.05) is 6.92 Å². The van der Waals surface area contributed by atoms with Gasteiger partial charge in [-0.1, -0.05) is 25.7 Å². The summed E-state index contributed by atoms with van der Waals surface area (Å²) in [5, 5.41) is 0. The summed E-state index contributed by atoms with van der Waals surface area (Å²) < 4.78 is 5.63. The van der Waals surface area contributed by atoms with Gasteiger partial charge in [-0.2, -0.15) is 0 Å². The van der Waals surface area contributed by atoms with Gasteiger partial charge in [-0.25, -0.2) is 0 Å². The van der Waals surface area contributed by atoms with Crippen molar-refractivity contribution < 1.29 is 9.53 Å². The molecular formula is C19H29N3O2. The Morgan fingerprint density at radius 1 is 1.25 bits per heavy atom. The van der Waals surface area contributed by atoms with E-state index in [0.717, 1.165) is 43.1 Å². The van der Waals surface area contributed by atoms with Crippen LogP contribution in [-0.2, 0) is 16.0 Å². The van der Waals surface area contributed by atoms with Crippen LogP contribution in [0.15, 0.2) is 12.4 Å². The van der Waals surface area contributed by atoms with Crippen molar-refractivity contribution in [1.29, 1.82) is 0 Å². The molecule has 1 saturated carbocycles. The van der Waals surface area contributed by atoms with E-state index in [-0.39, 0.29) is 6.04 Å². The first-order valence-corrected chi connectivity index (χ1v) is 9.37. The van der Waals surface area contributed by atoms with Crippen molar-refractivity contribution in [1.82, 2.24) is 14.9 Å². The minimum atomic E-state index is 0.177. The summed E-state index contributed by atoms with van der Waals surface area (Å²) in [5.74, 6) is 1.08. The van der Waals surface area contributed by atoms with E-state index in [2.05, 4.69) is 14.9 Å². The average Bonchev–Trinajstić information content (AvgIpc) is 3.13. The standard InChI is InChI=1S/C19H29N3O2/c1-15-18(21-11-10-20-15)8-7-17-14-24-13-12-22(17)19(23)9-6-16-4-2-3-5-16/h10-11,16-17H,2-9,12-14H2,1H3. The van der Waals surface area contributed by atoms with Gasteiger partial charge in [0, 0.05) is 25.4 Å². The molecule has 5 nitrogen and oxygen atoms in total. The normalized spacial score (nSPS) is 22.0. The minimum Gasteiger partial charge on any atom is -0.377 e. The van der Waals surface area contributed by atoms with Crippen molar-refractivity contribution >= 4 is 5.91 Å². The summed E-state index contributed by atoms with van der Waals surface area (Å²) >= 11 is 0. The lowest BCUT2D eigenvalue weighted by molar-refractivity contribution is -0.140. The van der Waals surface area contributed by atoms with Crippen LogP contribution in [0.25, 0.3) is 0 Å². The number of ether oxygens (including phenoxy) is 1. The second-order valence-corrected chi connectivity index (χ2v) is 7.13. The topological polar surface area (TPSA) is 55.3 Å². The molecule has 1 unspecified atom stereocenters. The molecule has 1 atom stereocenters. The SMILES string of the molecule is Cc1nccnc1CCC1COCCN1C(=O)CCC1CCCC1. The molecule has 0 N–H and O–H groups in total. The molecule has 2 fully saturated rings. The third-order valence-electron chi connectivity index (χ3n) is 5.49. The summed E-state index contributed by atoms with van der Waals surface area (Å²) in [6, 6.07) is 0.177. The minimum absolute atomic E-state index is 0.177. The zero-order chi connectivity index (χ0) is 16.8. The number of nitrogens with zero attached hydrogens (tertiary/aromatic N) is 3. The second-order valence-electron chi connectivity index (χ2n) is 7.13. The van der Waals surface area contributed by atoms with Gasteiger partial charge in [0.2, 0.25) is 5.91 Å². The van der Waals surface area contributed by atoms with E-state index in [9.17, 15) is 4.79 Å². The Labute approximate surface area is 144 Å². The van der Waals surface area contributed by atoms with Gasteiger partial charge in [-0.05, 0) is 32.1 Å². The van der Waals surface area contributed by atoms with E-state index in [4.69, 9.17) is 4.74 Å². The van der Waals surface area contributed by atoms with Crippen molar-refractivity contribution in [2.45, 2.75) is 64.3 Å². The fourth-order valence-corrected chi connectivity index (χ4v) is 3.98. The van der Waals surface area contributed by atoms with Crippen molar-refractivity contribution in [2.75, 3.05) is 19.8 Å². The molecule has 1 aliphatic carbocycles. The number of hydrogen-bond donors (Lipinski definition) is 0. The quantitative estimate of drug-likeness (QED) is 0.804. The van der Waals surface area contributed by atoms with Crippen LogP contribution in [0.2, 0.25) is 0 Å². The molecule has 0 bridgehead atoms. The van der Waals surface area contributed by atoms with E-state index >= 15 is 0 Å². The lowest BCUT2D eigenvalue weighted by atomic mass is 10.00. The molecule has 1 amide bonds. The zero-order valence-corrected chi connectivity index (χ0v) is 14.7. The van der Waals surface area contributed by atoms with Gasteiger partial charge >= 0.3 is 0 Å². The van der Waals surface area contributed by atoms with Crippen LogP contribution in [-0.4, -0.2) is 46.6 Å². The number of hydrogen-bond acceptors (Lipinski definition) is 4. The maximum absolute atomic E-state index is 12.7. The fraction of sp³-hybridized carbons (Fsp3) is 0.737. The van der Waals surface area contributed by atoms with E-state index in [1.165, 1.54) is 25.7 Å². The second kappa shape index (κ2) is 8.56. The Morgan fingerprint density at radius 3 is 2.83 bits per heavy atom. The largest absolute Gasteiger partial charge is 0.377 e. The number of aryl methyl sites for hydroxylation is 2. The molecule has 1 aromatic heterocycles. The molecule has 132 valence electrons. The van der Waals surface area contributed by atoms with Crippen LogP contribution in [0.5, 0.6) is 0 Å². The number of aromatic nitrogens is 2. The summed E-state index contributed by atoms with van der Waals surface area (Å²) in [6.07, 6.45) is 12.3. The Hall–Kier alpha value is -1.49. The van der Waals surface area contributed by atoms with Crippen molar-refractivity contribution in [3.63, 3.8) is 0 Å². The first-order valence-electron chi connectivity index (χ1n) is 9.37. The predicted molar refractivity (Wildman–Crippen MR) is 92.6 cm³/mol. The van der Waals surface area contributed by atoms with Crippen molar-refractivity contribution in [2.24, 2.45) is 5.92 Å². The van der Waals surface area contributed by atoms with E-state index in [0.29, 0.717) is 25.5 Å². The number of amides is 1.